The number of carbonyl (C=O) groups is 2. The number of hydrogen-bond acceptors (Lipinski definition) is 7. The molecular weight excluding hydrogens is 412 g/mol. The number of nitrogens with zero attached hydrogens (tertiary/aromatic N) is 2. The van der Waals surface area contributed by atoms with Crippen molar-refractivity contribution < 1.29 is 23.2 Å². The highest BCUT2D eigenvalue weighted by molar-refractivity contribution is 5.95. The van der Waals surface area contributed by atoms with Gasteiger partial charge in [0.1, 0.15) is 12.6 Å². The van der Waals surface area contributed by atoms with Crippen molar-refractivity contribution in [2.24, 2.45) is 0 Å². The van der Waals surface area contributed by atoms with Crippen LogP contribution in [0.5, 0.6) is 0 Å². The Balaban J connectivity index is 1.42. The number of alkyl carbamates (subject to hydrolysis) is 1. The number of benzene rings is 2. The molecule has 2 N–H and O–H groups in total. The van der Waals surface area contributed by atoms with Crippen LogP contribution in [0, 0.1) is 0 Å². The summed E-state index contributed by atoms with van der Waals surface area (Å²) in [4.78, 5) is 25.2. The second kappa shape index (κ2) is 10.1. The van der Waals surface area contributed by atoms with Crippen molar-refractivity contribution in [1.29, 1.82) is 0 Å². The zero-order valence-corrected chi connectivity index (χ0v) is 16.9. The lowest BCUT2D eigenvalue weighted by molar-refractivity contribution is -0.118. The minimum atomic E-state index is -0.931. The van der Waals surface area contributed by atoms with Gasteiger partial charge in [0.05, 0.1) is 6.26 Å². The molecule has 2 aromatic carbocycles. The van der Waals surface area contributed by atoms with Gasteiger partial charge in [-0.25, -0.2) is 4.79 Å². The van der Waals surface area contributed by atoms with E-state index >= 15 is 0 Å². The van der Waals surface area contributed by atoms with E-state index in [9.17, 15) is 9.59 Å². The molecule has 0 aliphatic rings. The molecule has 162 valence electrons. The van der Waals surface area contributed by atoms with Crippen molar-refractivity contribution >= 4 is 18.0 Å². The maximum Gasteiger partial charge on any atom is 0.408 e. The quantitative estimate of drug-likeness (QED) is 0.434. The van der Waals surface area contributed by atoms with E-state index in [4.69, 9.17) is 13.6 Å². The van der Waals surface area contributed by atoms with Crippen LogP contribution in [-0.4, -0.2) is 28.2 Å². The first-order chi connectivity index (χ1) is 15.7. The number of hydrogen-bond donors (Lipinski definition) is 2. The second-order valence-electron chi connectivity index (χ2n) is 6.83. The molecule has 2 aromatic heterocycles. The molecule has 2 heterocycles. The molecule has 9 heteroatoms. The van der Waals surface area contributed by atoms with Gasteiger partial charge < -0.3 is 18.9 Å². The van der Waals surface area contributed by atoms with E-state index in [0.717, 1.165) is 11.1 Å². The standard InChI is InChI=1S/C23H20N4O5/c28-20(25-22-27-26-21(32-22)19-12-7-13-30-19)18(14-16-8-3-1-4-9-16)24-23(29)31-15-17-10-5-2-6-11-17/h1-13,18H,14-15H2,(H,24,29)(H,25,27,28)/t18-/m1/s1. The fourth-order valence-electron chi connectivity index (χ4n) is 2.93. The van der Waals surface area contributed by atoms with Gasteiger partial charge in [-0.05, 0) is 23.3 Å². The summed E-state index contributed by atoms with van der Waals surface area (Å²) in [7, 11) is 0. The second-order valence-corrected chi connectivity index (χ2v) is 6.83. The molecule has 4 aromatic rings. The van der Waals surface area contributed by atoms with Crippen LogP contribution in [0.4, 0.5) is 10.8 Å². The normalized spacial score (nSPS) is 11.5. The highest BCUT2D eigenvalue weighted by Gasteiger charge is 2.24. The first kappa shape index (κ1) is 20.9. The lowest BCUT2D eigenvalue weighted by Gasteiger charge is -2.17. The van der Waals surface area contributed by atoms with Crippen molar-refractivity contribution in [3.63, 3.8) is 0 Å². The molecule has 0 fully saturated rings. The largest absolute Gasteiger partial charge is 0.459 e. The Labute approximate surface area is 183 Å². The van der Waals surface area contributed by atoms with Gasteiger partial charge in [0.2, 0.25) is 0 Å². The molecule has 9 nitrogen and oxygen atoms in total. The SMILES string of the molecule is O=C(N[C@H](Cc1ccccc1)C(=O)Nc1nnc(-c2ccco2)o1)OCc1ccccc1. The molecule has 0 saturated carbocycles. The average molecular weight is 432 g/mol. The number of anilines is 1. The summed E-state index contributed by atoms with van der Waals surface area (Å²) in [6.07, 6.45) is 0.997. The Morgan fingerprint density at radius 3 is 2.31 bits per heavy atom. The number of furan rings is 1. The lowest BCUT2D eigenvalue weighted by atomic mass is 10.1. The molecule has 4 rings (SSSR count). The van der Waals surface area contributed by atoms with Gasteiger partial charge >= 0.3 is 12.1 Å². The van der Waals surface area contributed by atoms with Gasteiger partial charge in [0.15, 0.2) is 5.76 Å². The Morgan fingerprint density at radius 2 is 1.62 bits per heavy atom. The summed E-state index contributed by atoms with van der Waals surface area (Å²) in [5, 5.41) is 12.8. The van der Waals surface area contributed by atoms with Gasteiger partial charge in [0, 0.05) is 6.42 Å². The molecular formula is C23H20N4O5. The van der Waals surface area contributed by atoms with Crippen LogP contribution in [0.25, 0.3) is 11.7 Å². The Morgan fingerprint density at radius 1 is 0.906 bits per heavy atom. The Hall–Kier alpha value is -4.40. The number of ether oxygens (including phenoxy) is 1. The van der Waals surface area contributed by atoms with Gasteiger partial charge in [0.25, 0.3) is 11.8 Å². The van der Waals surface area contributed by atoms with Gasteiger partial charge in [-0.3, -0.25) is 10.1 Å². The third kappa shape index (κ3) is 5.60. The number of rotatable bonds is 8. The zero-order valence-electron chi connectivity index (χ0n) is 16.9. The highest BCUT2D eigenvalue weighted by Crippen LogP contribution is 2.20. The van der Waals surface area contributed by atoms with Crippen LogP contribution in [0.2, 0.25) is 0 Å². The van der Waals surface area contributed by atoms with Crippen molar-refractivity contribution in [3.8, 4) is 11.7 Å². The van der Waals surface area contributed by atoms with E-state index < -0.39 is 18.0 Å². The summed E-state index contributed by atoms with van der Waals surface area (Å²) in [6.45, 7) is 0.0858. The first-order valence-corrected chi connectivity index (χ1v) is 9.87. The molecule has 32 heavy (non-hydrogen) atoms. The van der Waals surface area contributed by atoms with Gasteiger partial charge in [-0.2, -0.15) is 0 Å². The monoisotopic (exact) mass is 432 g/mol. The van der Waals surface area contributed by atoms with Crippen LogP contribution >= 0.6 is 0 Å². The smallest absolute Gasteiger partial charge is 0.408 e. The highest BCUT2D eigenvalue weighted by atomic mass is 16.5. The van der Waals surface area contributed by atoms with Crippen molar-refractivity contribution in [2.45, 2.75) is 19.1 Å². The summed E-state index contributed by atoms with van der Waals surface area (Å²) >= 11 is 0. The summed E-state index contributed by atoms with van der Waals surface area (Å²) in [6, 6.07) is 20.8. The number of nitrogens with one attached hydrogen (secondary N) is 2. The lowest BCUT2D eigenvalue weighted by Crippen LogP contribution is -2.45. The van der Waals surface area contributed by atoms with Crippen molar-refractivity contribution in [3.05, 3.63) is 90.2 Å². The van der Waals surface area contributed by atoms with Crippen LogP contribution in [0.1, 0.15) is 11.1 Å². The van der Waals surface area contributed by atoms with Crippen LogP contribution in [-0.2, 0) is 22.6 Å². The van der Waals surface area contributed by atoms with E-state index in [1.54, 1.807) is 12.1 Å². The van der Waals surface area contributed by atoms with E-state index in [1.165, 1.54) is 6.26 Å². The molecule has 2 amide bonds. The van der Waals surface area contributed by atoms with Gasteiger partial charge in [-0.15, -0.1) is 5.10 Å². The number of aromatic nitrogens is 2. The van der Waals surface area contributed by atoms with Crippen LogP contribution in [0.15, 0.2) is 87.9 Å². The Kier molecular flexibility index (Phi) is 6.57. The number of amides is 2. The molecule has 0 aliphatic heterocycles. The summed E-state index contributed by atoms with van der Waals surface area (Å²) < 4.78 is 15.9. The minimum Gasteiger partial charge on any atom is -0.459 e. The predicted octanol–water partition coefficient (Wildman–Crippen LogP) is 3.81. The van der Waals surface area contributed by atoms with Gasteiger partial charge in [-0.1, -0.05) is 65.8 Å². The molecule has 1 atom stereocenters. The topological polar surface area (TPSA) is 119 Å². The fraction of sp³-hybridized carbons (Fsp3) is 0.130. The zero-order chi connectivity index (χ0) is 22.2. The molecule has 0 radical (unpaired) electrons. The van der Waals surface area contributed by atoms with Crippen molar-refractivity contribution in [1.82, 2.24) is 15.5 Å². The summed E-state index contributed by atoms with van der Waals surface area (Å²) in [5.74, 6) is -0.0262. The molecule has 0 unspecified atom stereocenters. The van der Waals surface area contributed by atoms with Crippen molar-refractivity contribution in [2.75, 3.05) is 5.32 Å². The number of carbonyl (C=O) groups excluding carboxylic acids is 2. The minimum absolute atomic E-state index is 0.0858. The third-order valence-corrected chi connectivity index (χ3v) is 4.49. The maximum absolute atomic E-state index is 12.9. The van der Waals surface area contributed by atoms with E-state index in [1.807, 2.05) is 60.7 Å². The maximum atomic E-state index is 12.9. The summed E-state index contributed by atoms with van der Waals surface area (Å²) in [5.41, 5.74) is 1.70. The third-order valence-electron chi connectivity index (χ3n) is 4.49. The molecule has 0 spiro atoms. The van der Waals surface area contributed by atoms with Crippen LogP contribution in [0.3, 0.4) is 0 Å². The predicted molar refractivity (Wildman–Crippen MR) is 114 cm³/mol. The van der Waals surface area contributed by atoms with E-state index in [0.29, 0.717) is 5.76 Å². The molecule has 0 aliphatic carbocycles. The van der Waals surface area contributed by atoms with E-state index in [-0.39, 0.29) is 24.9 Å². The molecule has 0 bridgehead atoms. The molecule has 0 saturated heterocycles. The fourth-order valence-corrected chi connectivity index (χ4v) is 2.93. The van der Waals surface area contributed by atoms with Crippen LogP contribution < -0.4 is 10.6 Å². The van der Waals surface area contributed by atoms with E-state index in [2.05, 4.69) is 20.8 Å². The average Bonchev–Trinajstić information content (AvgIpc) is 3.51. The Bertz CT molecular complexity index is 1140. The first-order valence-electron chi connectivity index (χ1n) is 9.87.